The molecule has 1 saturated carbocycles. The molecule has 3 N–H and O–H groups in total. The largest absolute Gasteiger partial charge is 0.481 e. The van der Waals surface area contributed by atoms with E-state index >= 15 is 0 Å². The minimum Gasteiger partial charge on any atom is -0.481 e. The van der Waals surface area contributed by atoms with Gasteiger partial charge in [0.05, 0.1) is 0 Å². The lowest BCUT2D eigenvalue weighted by atomic mass is 9.80. The molecule has 0 atom stereocenters. The number of aliphatic carboxylic acids is 1. The summed E-state index contributed by atoms with van der Waals surface area (Å²) in [6.07, 6.45) is 4.24. The van der Waals surface area contributed by atoms with Gasteiger partial charge in [0.25, 0.3) is 0 Å². The van der Waals surface area contributed by atoms with Gasteiger partial charge in [-0.15, -0.1) is 0 Å². The number of anilines is 1. The Morgan fingerprint density at radius 3 is 2.75 bits per heavy atom. The average Bonchev–Trinajstić information content (AvgIpc) is 2.33. The maximum Gasteiger partial charge on any atom is 0.319 e. The van der Waals surface area contributed by atoms with E-state index in [0.717, 1.165) is 5.69 Å². The molecule has 1 aliphatic carbocycles. The molecule has 1 aromatic rings. The lowest BCUT2D eigenvalue weighted by molar-refractivity contribution is -0.137. The summed E-state index contributed by atoms with van der Waals surface area (Å²) in [5.74, 6) is -0.212. The summed E-state index contributed by atoms with van der Waals surface area (Å²) in [5, 5.41) is 13.9. The quantitative estimate of drug-likeness (QED) is 0.699. The molecule has 0 unspecified atom stereocenters. The molecule has 0 spiro atoms. The van der Waals surface area contributed by atoms with Gasteiger partial charge in [0, 0.05) is 18.7 Å². The van der Waals surface area contributed by atoms with Crippen LogP contribution in [-0.2, 0) is 4.79 Å². The first-order valence-corrected chi connectivity index (χ1v) is 7.02. The van der Waals surface area contributed by atoms with Crippen LogP contribution in [0, 0.1) is 0 Å². The predicted molar refractivity (Wildman–Crippen MR) is 76.9 cm³/mol. The number of carboxylic acids is 1. The number of carbonyl (C=O) groups excluding carboxylic acids is 1. The van der Waals surface area contributed by atoms with E-state index in [1.807, 2.05) is 18.2 Å². The van der Waals surface area contributed by atoms with Crippen LogP contribution >= 0.6 is 0 Å². The van der Waals surface area contributed by atoms with Crippen molar-refractivity contribution in [3.05, 3.63) is 29.8 Å². The highest BCUT2D eigenvalue weighted by atomic mass is 16.4. The van der Waals surface area contributed by atoms with Crippen LogP contribution in [0.4, 0.5) is 10.5 Å². The Balaban J connectivity index is 1.77. The molecule has 1 fully saturated rings. The minimum absolute atomic E-state index is 0.0669. The summed E-state index contributed by atoms with van der Waals surface area (Å²) in [6.45, 7) is 0.362. The smallest absolute Gasteiger partial charge is 0.319 e. The maximum atomic E-state index is 11.7. The molecule has 5 nitrogen and oxygen atoms in total. The molecule has 0 radical (unpaired) electrons. The maximum absolute atomic E-state index is 11.7. The average molecular weight is 276 g/mol. The lowest BCUT2D eigenvalue weighted by Crippen LogP contribution is -2.29. The second kappa shape index (κ2) is 6.93. The van der Waals surface area contributed by atoms with E-state index in [2.05, 4.69) is 16.7 Å². The van der Waals surface area contributed by atoms with E-state index in [-0.39, 0.29) is 12.5 Å². The van der Waals surface area contributed by atoms with Crippen molar-refractivity contribution < 1.29 is 14.7 Å². The SMILES string of the molecule is O=C(O)CCCNC(=O)Nc1cccc(C2CCC2)c1. The van der Waals surface area contributed by atoms with Crippen molar-refractivity contribution in [2.75, 3.05) is 11.9 Å². The summed E-state index contributed by atoms with van der Waals surface area (Å²) in [4.78, 5) is 22.0. The topological polar surface area (TPSA) is 78.4 Å². The molecule has 0 heterocycles. The Morgan fingerprint density at radius 1 is 1.30 bits per heavy atom. The molecule has 2 rings (SSSR count). The van der Waals surface area contributed by atoms with Crippen LogP contribution in [0.5, 0.6) is 0 Å². The van der Waals surface area contributed by atoms with Crippen LogP contribution < -0.4 is 10.6 Å². The van der Waals surface area contributed by atoms with Gasteiger partial charge in [-0.1, -0.05) is 18.6 Å². The van der Waals surface area contributed by atoms with Gasteiger partial charge in [0.15, 0.2) is 0 Å². The molecule has 0 bridgehead atoms. The van der Waals surface area contributed by atoms with Crippen LogP contribution in [0.3, 0.4) is 0 Å². The van der Waals surface area contributed by atoms with Crippen LogP contribution in [0.25, 0.3) is 0 Å². The number of rotatable bonds is 6. The van der Waals surface area contributed by atoms with Gasteiger partial charge < -0.3 is 15.7 Å². The van der Waals surface area contributed by atoms with Crippen molar-refractivity contribution in [1.82, 2.24) is 5.32 Å². The van der Waals surface area contributed by atoms with E-state index < -0.39 is 5.97 Å². The zero-order chi connectivity index (χ0) is 14.4. The van der Waals surface area contributed by atoms with Crippen LogP contribution in [0.15, 0.2) is 24.3 Å². The van der Waals surface area contributed by atoms with Crippen molar-refractivity contribution >= 4 is 17.7 Å². The Kier molecular flexibility index (Phi) is 4.98. The first-order chi connectivity index (χ1) is 9.65. The molecule has 108 valence electrons. The van der Waals surface area contributed by atoms with Crippen LogP contribution in [0.2, 0.25) is 0 Å². The summed E-state index contributed by atoms with van der Waals surface area (Å²) in [5.41, 5.74) is 2.06. The zero-order valence-corrected chi connectivity index (χ0v) is 11.4. The van der Waals surface area contributed by atoms with E-state index in [1.54, 1.807) is 0 Å². The minimum atomic E-state index is -0.847. The van der Waals surface area contributed by atoms with Crippen LogP contribution in [-0.4, -0.2) is 23.7 Å². The second-order valence-corrected chi connectivity index (χ2v) is 5.13. The first-order valence-electron chi connectivity index (χ1n) is 7.02. The molecule has 20 heavy (non-hydrogen) atoms. The van der Waals surface area contributed by atoms with Crippen molar-refractivity contribution in [1.29, 1.82) is 0 Å². The molecule has 1 aromatic carbocycles. The van der Waals surface area contributed by atoms with E-state index in [9.17, 15) is 9.59 Å². The fraction of sp³-hybridized carbons (Fsp3) is 0.467. The lowest BCUT2D eigenvalue weighted by Gasteiger charge is -2.26. The molecule has 5 heteroatoms. The Hall–Kier alpha value is -2.04. The third-order valence-electron chi connectivity index (χ3n) is 3.57. The highest BCUT2D eigenvalue weighted by Gasteiger charge is 2.19. The molecule has 0 aromatic heterocycles. The standard InChI is InChI=1S/C15H20N2O3/c18-14(19)8-3-9-16-15(20)17-13-7-2-6-12(10-13)11-4-1-5-11/h2,6-7,10-11H,1,3-5,8-9H2,(H,18,19)(H2,16,17,20). The van der Waals surface area contributed by atoms with Crippen LogP contribution in [0.1, 0.15) is 43.6 Å². The number of carboxylic acid groups (broad SMARTS) is 1. The van der Waals surface area contributed by atoms with Crippen molar-refractivity contribution in [3.8, 4) is 0 Å². The van der Waals surface area contributed by atoms with Gasteiger partial charge >= 0.3 is 12.0 Å². The fourth-order valence-electron chi connectivity index (χ4n) is 2.23. The number of urea groups is 1. The summed E-state index contributed by atoms with van der Waals surface area (Å²) in [7, 11) is 0. The number of amides is 2. The highest BCUT2D eigenvalue weighted by Crippen LogP contribution is 2.36. The Labute approximate surface area is 118 Å². The molecular formula is C15H20N2O3. The highest BCUT2D eigenvalue weighted by molar-refractivity contribution is 5.89. The van der Waals surface area contributed by atoms with Crippen molar-refractivity contribution in [2.24, 2.45) is 0 Å². The number of benzene rings is 1. The summed E-state index contributed by atoms with van der Waals surface area (Å²) in [6, 6.07) is 7.63. The number of hydrogen-bond acceptors (Lipinski definition) is 2. The first kappa shape index (κ1) is 14.4. The number of nitrogens with one attached hydrogen (secondary N) is 2. The van der Waals surface area contributed by atoms with Gasteiger partial charge in [-0.25, -0.2) is 4.79 Å². The number of hydrogen-bond donors (Lipinski definition) is 3. The molecule has 2 amide bonds. The van der Waals surface area contributed by atoms with Crippen molar-refractivity contribution in [3.63, 3.8) is 0 Å². The Bertz CT molecular complexity index is 484. The van der Waals surface area contributed by atoms with Gasteiger partial charge in [0.1, 0.15) is 0 Å². The molecule has 0 aliphatic heterocycles. The zero-order valence-electron chi connectivity index (χ0n) is 11.4. The Morgan fingerprint density at radius 2 is 2.10 bits per heavy atom. The van der Waals surface area contributed by atoms with Gasteiger partial charge in [0.2, 0.25) is 0 Å². The molecule has 0 saturated heterocycles. The van der Waals surface area contributed by atoms with E-state index in [4.69, 9.17) is 5.11 Å². The molecule has 1 aliphatic rings. The molecular weight excluding hydrogens is 256 g/mol. The number of carbonyl (C=O) groups is 2. The predicted octanol–water partition coefficient (Wildman–Crippen LogP) is 2.94. The normalized spacial score (nSPS) is 14.4. The third kappa shape index (κ3) is 4.26. The fourth-order valence-corrected chi connectivity index (χ4v) is 2.23. The van der Waals surface area contributed by atoms with Gasteiger partial charge in [-0.05, 0) is 42.9 Å². The third-order valence-corrected chi connectivity index (χ3v) is 3.57. The van der Waals surface area contributed by atoms with E-state index in [1.165, 1.54) is 24.8 Å². The summed E-state index contributed by atoms with van der Waals surface area (Å²) < 4.78 is 0. The monoisotopic (exact) mass is 276 g/mol. The summed E-state index contributed by atoms with van der Waals surface area (Å²) >= 11 is 0. The van der Waals surface area contributed by atoms with Gasteiger partial charge in [-0.2, -0.15) is 0 Å². The second-order valence-electron chi connectivity index (χ2n) is 5.13. The van der Waals surface area contributed by atoms with E-state index in [0.29, 0.717) is 18.9 Å². The van der Waals surface area contributed by atoms with Crippen molar-refractivity contribution in [2.45, 2.75) is 38.0 Å². The van der Waals surface area contributed by atoms with Gasteiger partial charge in [-0.3, -0.25) is 4.79 Å².